The van der Waals surface area contributed by atoms with Gasteiger partial charge in [0.1, 0.15) is 5.75 Å². The smallest absolute Gasteiger partial charge is 0.311 e. The van der Waals surface area contributed by atoms with E-state index in [1.165, 1.54) is 6.92 Å². The summed E-state index contributed by atoms with van der Waals surface area (Å²) in [6.45, 7) is 1.41. The molecule has 0 aliphatic rings. The van der Waals surface area contributed by atoms with Gasteiger partial charge in [-0.25, -0.2) is 0 Å². The van der Waals surface area contributed by atoms with E-state index in [0.29, 0.717) is 17.1 Å². The molecule has 2 N–H and O–H groups in total. The van der Waals surface area contributed by atoms with Gasteiger partial charge in [0.15, 0.2) is 0 Å². The van der Waals surface area contributed by atoms with Crippen LogP contribution in [0, 0.1) is 0 Å². The van der Waals surface area contributed by atoms with Crippen LogP contribution >= 0.6 is 0 Å². The second kappa shape index (κ2) is 8.81. The Morgan fingerprint density at radius 3 is 2.29 bits per heavy atom. The summed E-state index contributed by atoms with van der Waals surface area (Å²) in [6.07, 6.45) is -0.0178. The molecule has 6 heteroatoms. The second-order valence-corrected chi connectivity index (χ2v) is 6.25. The van der Waals surface area contributed by atoms with E-state index < -0.39 is 5.97 Å². The fourth-order valence-electron chi connectivity index (χ4n) is 2.75. The third kappa shape index (κ3) is 5.17. The minimum atomic E-state index is -0.500. The number of rotatable bonds is 6. The lowest BCUT2D eigenvalue weighted by molar-refractivity contribution is -0.135. The van der Waals surface area contributed by atoms with Crippen molar-refractivity contribution in [3.8, 4) is 5.75 Å². The fourth-order valence-corrected chi connectivity index (χ4v) is 2.75. The summed E-state index contributed by atoms with van der Waals surface area (Å²) in [5, 5.41) is 7.45. The Balaban J connectivity index is 1.51. The van der Waals surface area contributed by atoms with Crippen LogP contribution in [0.5, 0.6) is 5.75 Å². The van der Waals surface area contributed by atoms with E-state index in [9.17, 15) is 14.4 Å². The van der Waals surface area contributed by atoms with Gasteiger partial charge >= 0.3 is 5.97 Å². The van der Waals surface area contributed by atoms with E-state index >= 15 is 0 Å². The predicted molar refractivity (Wildman–Crippen MR) is 108 cm³/mol. The van der Waals surface area contributed by atoms with Crippen molar-refractivity contribution in [2.75, 3.05) is 10.6 Å². The molecule has 0 saturated carbocycles. The summed E-state index contributed by atoms with van der Waals surface area (Å²) in [6, 6.07) is 19.9. The lowest BCUT2D eigenvalue weighted by Gasteiger charge is -2.09. The van der Waals surface area contributed by atoms with Gasteiger partial charge < -0.3 is 15.4 Å². The molecule has 0 radical (unpaired) electrons. The standard InChI is InChI=1S/C22H20N2O4/c1-15(25)23-17-9-11-18(12-10-17)28-22(27)14-13-21(26)24-20-8-4-6-16-5-2-3-7-19(16)20/h2-12H,13-14H2,1H3,(H,23,25)(H,24,26). The molecule has 3 rings (SSSR count). The molecule has 0 aliphatic carbocycles. The van der Waals surface area contributed by atoms with Crippen LogP contribution in [-0.2, 0) is 14.4 Å². The van der Waals surface area contributed by atoms with Gasteiger partial charge in [0.25, 0.3) is 0 Å². The summed E-state index contributed by atoms with van der Waals surface area (Å²) < 4.78 is 5.21. The predicted octanol–water partition coefficient (Wildman–Crippen LogP) is 4.12. The average molecular weight is 376 g/mol. The van der Waals surface area contributed by atoms with E-state index in [4.69, 9.17) is 4.74 Å². The van der Waals surface area contributed by atoms with Crippen molar-refractivity contribution in [2.24, 2.45) is 0 Å². The van der Waals surface area contributed by atoms with Crippen molar-refractivity contribution in [3.63, 3.8) is 0 Å². The van der Waals surface area contributed by atoms with Crippen molar-refractivity contribution >= 4 is 39.9 Å². The molecule has 28 heavy (non-hydrogen) atoms. The summed E-state index contributed by atoms with van der Waals surface area (Å²) >= 11 is 0. The number of fused-ring (bicyclic) bond motifs is 1. The van der Waals surface area contributed by atoms with E-state index in [1.54, 1.807) is 24.3 Å². The van der Waals surface area contributed by atoms with Gasteiger partial charge in [-0.05, 0) is 35.7 Å². The van der Waals surface area contributed by atoms with E-state index in [1.807, 2.05) is 42.5 Å². The number of nitrogens with one attached hydrogen (secondary N) is 2. The molecule has 142 valence electrons. The molecule has 0 aromatic heterocycles. The lowest BCUT2D eigenvalue weighted by Crippen LogP contribution is -2.16. The number of amides is 2. The highest BCUT2D eigenvalue weighted by Gasteiger charge is 2.11. The van der Waals surface area contributed by atoms with Crippen LogP contribution in [0.15, 0.2) is 66.7 Å². The van der Waals surface area contributed by atoms with E-state index in [0.717, 1.165) is 10.8 Å². The first-order valence-corrected chi connectivity index (χ1v) is 8.87. The Hall–Kier alpha value is -3.67. The Labute approximate surface area is 162 Å². The first kappa shape index (κ1) is 19.1. The Morgan fingerprint density at radius 1 is 0.821 bits per heavy atom. The molecule has 0 unspecified atom stereocenters. The third-order valence-corrected chi connectivity index (χ3v) is 4.03. The third-order valence-electron chi connectivity index (χ3n) is 4.03. The van der Waals surface area contributed by atoms with Crippen LogP contribution in [0.1, 0.15) is 19.8 Å². The highest BCUT2D eigenvalue weighted by molar-refractivity contribution is 6.02. The average Bonchev–Trinajstić information content (AvgIpc) is 2.68. The molecule has 0 atom stereocenters. The molecule has 0 bridgehead atoms. The normalized spacial score (nSPS) is 10.3. The number of ether oxygens (including phenoxy) is 1. The number of anilines is 2. The molecule has 0 spiro atoms. The topological polar surface area (TPSA) is 84.5 Å². The molecular formula is C22H20N2O4. The minimum absolute atomic E-state index is 0.0199. The van der Waals surface area contributed by atoms with Crippen molar-refractivity contribution in [2.45, 2.75) is 19.8 Å². The molecule has 0 fully saturated rings. The van der Waals surface area contributed by atoms with Crippen LogP contribution in [0.3, 0.4) is 0 Å². The van der Waals surface area contributed by atoms with E-state index in [-0.39, 0.29) is 24.7 Å². The number of carbonyl (C=O) groups is 3. The largest absolute Gasteiger partial charge is 0.427 e. The van der Waals surface area contributed by atoms with Crippen molar-refractivity contribution in [3.05, 3.63) is 66.7 Å². The molecule has 0 saturated heterocycles. The Kier molecular flexibility index (Phi) is 6.01. The van der Waals surface area contributed by atoms with Crippen LogP contribution in [0.4, 0.5) is 11.4 Å². The maximum Gasteiger partial charge on any atom is 0.311 e. The molecule has 3 aromatic rings. The van der Waals surface area contributed by atoms with Crippen molar-refractivity contribution in [1.82, 2.24) is 0 Å². The van der Waals surface area contributed by atoms with Gasteiger partial charge in [0, 0.05) is 30.1 Å². The SMILES string of the molecule is CC(=O)Nc1ccc(OC(=O)CCC(=O)Nc2cccc3ccccc23)cc1. The van der Waals surface area contributed by atoms with Gasteiger partial charge in [-0.15, -0.1) is 0 Å². The number of carbonyl (C=O) groups excluding carboxylic acids is 3. The minimum Gasteiger partial charge on any atom is -0.427 e. The van der Waals surface area contributed by atoms with Crippen LogP contribution in [0.2, 0.25) is 0 Å². The summed E-state index contributed by atoms with van der Waals surface area (Å²) in [7, 11) is 0. The monoisotopic (exact) mass is 376 g/mol. The highest BCUT2D eigenvalue weighted by atomic mass is 16.5. The Morgan fingerprint density at radius 2 is 1.54 bits per heavy atom. The maximum absolute atomic E-state index is 12.2. The quantitative estimate of drug-likeness (QED) is 0.501. The first-order chi connectivity index (χ1) is 13.5. The maximum atomic E-state index is 12.2. The fraction of sp³-hybridized carbons (Fsp3) is 0.136. The van der Waals surface area contributed by atoms with Crippen LogP contribution in [0.25, 0.3) is 10.8 Å². The van der Waals surface area contributed by atoms with Crippen LogP contribution < -0.4 is 15.4 Å². The molecule has 6 nitrogen and oxygen atoms in total. The van der Waals surface area contributed by atoms with Gasteiger partial charge in [0.2, 0.25) is 11.8 Å². The Bertz CT molecular complexity index is 1010. The van der Waals surface area contributed by atoms with Crippen molar-refractivity contribution < 1.29 is 19.1 Å². The number of esters is 1. The molecule has 3 aromatic carbocycles. The van der Waals surface area contributed by atoms with Gasteiger partial charge in [-0.1, -0.05) is 36.4 Å². The zero-order valence-corrected chi connectivity index (χ0v) is 15.4. The van der Waals surface area contributed by atoms with Gasteiger partial charge in [0.05, 0.1) is 6.42 Å². The number of hydrogen-bond donors (Lipinski definition) is 2. The molecule has 2 amide bonds. The molecule has 0 heterocycles. The lowest BCUT2D eigenvalue weighted by atomic mass is 10.1. The first-order valence-electron chi connectivity index (χ1n) is 8.87. The molecule has 0 aliphatic heterocycles. The molecular weight excluding hydrogens is 356 g/mol. The van der Waals surface area contributed by atoms with E-state index in [2.05, 4.69) is 10.6 Å². The van der Waals surface area contributed by atoms with Crippen molar-refractivity contribution in [1.29, 1.82) is 0 Å². The van der Waals surface area contributed by atoms with Gasteiger partial charge in [-0.2, -0.15) is 0 Å². The number of benzene rings is 3. The summed E-state index contributed by atoms with van der Waals surface area (Å²) in [4.78, 5) is 35.2. The zero-order valence-electron chi connectivity index (χ0n) is 15.4. The highest BCUT2D eigenvalue weighted by Crippen LogP contribution is 2.23. The zero-order chi connectivity index (χ0) is 19.9. The second-order valence-electron chi connectivity index (χ2n) is 6.25. The summed E-state index contributed by atoms with van der Waals surface area (Å²) in [5.74, 6) is -0.579. The van der Waals surface area contributed by atoms with Crippen LogP contribution in [-0.4, -0.2) is 17.8 Å². The summed E-state index contributed by atoms with van der Waals surface area (Å²) in [5.41, 5.74) is 1.33. The number of hydrogen-bond acceptors (Lipinski definition) is 4. The van der Waals surface area contributed by atoms with Gasteiger partial charge in [-0.3, -0.25) is 14.4 Å².